The lowest BCUT2D eigenvalue weighted by Gasteiger charge is -2.32. The molecule has 0 radical (unpaired) electrons. The molecule has 1 aliphatic rings. The summed E-state index contributed by atoms with van der Waals surface area (Å²) in [7, 11) is 0. The molecule has 0 amide bonds. The summed E-state index contributed by atoms with van der Waals surface area (Å²) in [6.45, 7) is 6.77. The third-order valence-corrected chi connectivity index (χ3v) is 6.20. The van der Waals surface area contributed by atoms with Gasteiger partial charge in [0.05, 0.1) is 18.6 Å². The number of aliphatic hydroxyl groups is 1. The number of nitrogens with zero attached hydrogens (tertiary/aromatic N) is 1. The predicted octanol–water partition coefficient (Wildman–Crippen LogP) is 5.21. The van der Waals surface area contributed by atoms with Gasteiger partial charge in [-0.1, -0.05) is 51.3 Å². The Bertz CT molecular complexity index is 837. The Balaban J connectivity index is 1.63. The molecule has 1 aromatic heterocycles. The van der Waals surface area contributed by atoms with Crippen molar-refractivity contribution in [3.05, 3.63) is 36.0 Å². The number of hydrogen-bond donors (Lipinski definition) is 1. The van der Waals surface area contributed by atoms with Crippen LogP contribution in [0.3, 0.4) is 0 Å². The molecule has 30 heavy (non-hydrogen) atoms. The molecule has 164 valence electrons. The SMILES string of the molecule is CCCCC(CC)COC(=O)C1CCC(O)C(Oc2cccc3ccc(C)nc23)C1. The van der Waals surface area contributed by atoms with Crippen molar-refractivity contribution in [2.75, 3.05) is 6.61 Å². The van der Waals surface area contributed by atoms with Gasteiger partial charge in [0, 0.05) is 17.5 Å². The molecule has 3 rings (SSSR count). The molecule has 1 aliphatic carbocycles. The highest BCUT2D eigenvalue weighted by atomic mass is 16.5. The maximum absolute atomic E-state index is 12.7. The van der Waals surface area contributed by atoms with Crippen LogP contribution in [0.5, 0.6) is 5.75 Å². The van der Waals surface area contributed by atoms with Crippen LogP contribution in [0.1, 0.15) is 64.5 Å². The van der Waals surface area contributed by atoms with Crippen molar-refractivity contribution in [3.8, 4) is 5.75 Å². The van der Waals surface area contributed by atoms with E-state index in [4.69, 9.17) is 9.47 Å². The van der Waals surface area contributed by atoms with E-state index in [0.717, 1.165) is 35.9 Å². The molecular formula is C25H35NO4. The Morgan fingerprint density at radius 1 is 1.23 bits per heavy atom. The van der Waals surface area contributed by atoms with Crippen molar-refractivity contribution in [2.45, 2.75) is 77.9 Å². The number of aliphatic hydroxyl groups excluding tert-OH is 1. The number of benzene rings is 1. The predicted molar refractivity (Wildman–Crippen MR) is 119 cm³/mol. The molecule has 5 heteroatoms. The largest absolute Gasteiger partial charge is 0.485 e. The minimum Gasteiger partial charge on any atom is -0.485 e. The summed E-state index contributed by atoms with van der Waals surface area (Å²) >= 11 is 0. The van der Waals surface area contributed by atoms with E-state index in [0.29, 0.717) is 37.5 Å². The Kier molecular flexibility index (Phi) is 8.08. The fourth-order valence-electron chi connectivity index (χ4n) is 4.15. The van der Waals surface area contributed by atoms with E-state index in [1.165, 1.54) is 6.42 Å². The van der Waals surface area contributed by atoms with Crippen molar-refractivity contribution in [3.63, 3.8) is 0 Å². The smallest absolute Gasteiger partial charge is 0.309 e. The monoisotopic (exact) mass is 413 g/mol. The third-order valence-electron chi connectivity index (χ3n) is 6.20. The molecule has 0 bridgehead atoms. The molecule has 4 atom stereocenters. The molecular weight excluding hydrogens is 378 g/mol. The van der Waals surface area contributed by atoms with Gasteiger partial charge < -0.3 is 14.6 Å². The van der Waals surface area contributed by atoms with E-state index in [1.807, 2.05) is 37.3 Å². The summed E-state index contributed by atoms with van der Waals surface area (Å²) < 4.78 is 11.9. The molecule has 5 nitrogen and oxygen atoms in total. The van der Waals surface area contributed by atoms with Crippen LogP contribution in [0, 0.1) is 18.8 Å². The summed E-state index contributed by atoms with van der Waals surface area (Å²) in [6, 6.07) is 9.79. The molecule has 0 spiro atoms. The standard InChI is InChI=1S/C25H35NO4/c1-4-6-8-18(5-2)16-29-25(28)20-13-14-21(27)23(15-20)30-22-10-7-9-19-12-11-17(3)26-24(19)22/h7,9-12,18,20-21,23,27H,4-6,8,13-16H2,1-3H3. The summed E-state index contributed by atoms with van der Waals surface area (Å²) in [5, 5.41) is 11.5. The summed E-state index contributed by atoms with van der Waals surface area (Å²) in [5.74, 6) is 0.698. The third kappa shape index (κ3) is 5.72. The van der Waals surface area contributed by atoms with E-state index in [-0.39, 0.29) is 11.9 Å². The van der Waals surface area contributed by atoms with Crippen molar-refractivity contribution in [1.29, 1.82) is 0 Å². The normalized spacial score (nSPS) is 22.6. The number of pyridine rings is 1. The van der Waals surface area contributed by atoms with Gasteiger partial charge in [-0.2, -0.15) is 0 Å². The lowest BCUT2D eigenvalue weighted by Crippen LogP contribution is -2.41. The van der Waals surface area contributed by atoms with Crippen LogP contribution in [-0.4, -0.2) is 34.9 Å². The lowest BCUT2D eigenvalue weighted by molar-refractivity contribution is -0.154. The van der Waals surface area contributed by atoms with Gasteiger partial charge in [-0.05, 0) is 44.2 Å². The number of aryl methyl sites for hydroxylation is 1. The zero-order chi connectivity index (χ0) is 21.5. The second-order valence-electron chi connectivity index (χ2n) is 8.56. The number of ether oxygens (including phenoxy) is 2. The zero-order valence-electron chi connectivity index (χ0n) is 18.5. The van der Waals surface area contributed by atoms with Crippen molar-refractivity contribution in [1.82, 2.24) is 4.98 Å². The highest BCUT2D eigenvalue weighted by Crippen LogP contribution is 2.32. The number of esters is 1. The number of unbranched alkanes of at least 4 members (excludes halogenated alkanes) is 1. The van der Waals surface area contributed by atoms with Crippen LogP contribution in [0.2, 0.25) is 0 Å². The number of para-hydroxylation sites is 1. The van der Waals surface area contributed by atoms with Gasteiger partial charge in [0.1, 0.15) is 17.4 Å². The van der Waals surface area contributed by atoms with Crippen LogP contribution < -0.4 is 4.74 Å². The molecule has 2 aromatic rings. The first kappa shape index (κ1) is 22.5. The summed E-state index contributed by atoms with van der Waals surface area (Å²) in [6.07, 6.45) is 5.06. The van der Waals surface area contributed by atoms with Crippen LogP contribution in [0.15, 0.2) is 30.3 Å². The molecule has 0 saturated heterocycles. The first-order valence-electron chi connectivity index (χ1n) is 11.4. The number of carbonyl (C=O) groups excluding carboxylic acids is 1. The second-order valence-corrected chi connectivity index (χ2v) is 8.56. The van der Waals surface area contributed by atoms with Gasteiger partial charge in [0.2, 0.25) is 0 Å². The Morgan fingerprint density at radius 2 is 2.07 bits per heavy atom. The maximum atomic E-state index is 12.7. The van der Waals surface area contributed by atoms with Crippen LogP contribution in [-0.2, 0) is 9.53 Å². The van der Waals surface area contributed by atoms with E-state index in [2.05, 4.69) is 18.8 Å². The van der Waals surface area contributed by atoms with Crippen LogP contribution in [0.25, 0.3) is 10.9 Å². The highest BCUT2D eigenvalue weighted by molar-refractivity contribution is 5.84. The van der Waals surface area contributed by atoms with Crippen molar-refractivity contribution < 1.29 is 19.4 Å². The Labute approximate surface area is 179 Å². The molecule has 1 saturated carbocycles. The molecule has 1 heterocycles. The summed E-state index contributed by atoms with van der Waals surface area (Å²) in [4.78, 5) is 17.3. The number of hydrogen-bond acceptors (Lipinski definition) is 5. The quantitative estimate of drug-likeness (QED) is 0.572. The van der Waals surface area contributed by atoms with Gasteiger partial charge in [-0.3, -0.25) is 4.79 Å². The number of rotatable bonds is 9. The van der Waals surface area contributed by atoms with Gasteiger partial charge in [-0.15, -0.1) is 0 Å². The minimum absolute atomic E-state index is 0.155. The topological polar surface area (TPSA) is 68.7 Å². The van der Waals surface area contributed by atoms with Gasteiger partial charge in [0.25, 0.3) is 0 Å². The Hall–Kier alpha value is -2.14. The Morgan fingerprint density at radius 3 is 2.83 bits per heavy atom. The number of aromatic nitrogens is 1. The highest BCUT2D eigenvalue weighted by Gasteiger charge is 2.35. The van der Waals surface area contributed by atoms with E-state index >= 15 is 0 Å². The van der Waals surface area contributed by atoms with E-state index in [9.17, 15) is 9.90 Å². The molecule has 1 aromatic carbocycles. The van der Waals surface area contributed by atoms with E-state index < -0.39 is 12.2 Å². The fraction of sp³-hybridized carbons (Fsp3) is 0.600. The fourth-order valence-corrected chi connectivity index (χ4v) is 4.15. The van der Waals surface area contributed by atoms with Crippen molar-refractivity contribution in [2.24, 2.45) is 11.8 Å². The molecule has 4 unspecified atom stereocenters. The molecule has 0 aliphatic heterocycles. The maximum Gasteiger partial charge on any atom is 0.309 e. The van der Waals surface area contributed by atoms with Gasteiger partial charge in [-0.25, -0.2) is 4.98 Å². The first-order chi connectivity index (χ1) is 14.5. The molecule has 1 N–H and O–H groups in total. The second kappa shape index (κ2) is 10.8. The van der Waals surface area contributed by atoms with Gasteiger partial charge >= 0.3 is 5.97 Å². The summed E-state index contributed by atoms with van der Waals surface area (Å²) in [5.41, 5.74) is 1.70. The first-order valence-corrected chi connectivity index (χ1v) is 11.4. The number of carbonyl (C=O) groups is 1. The minimum atomic E-state index is -0.595. The zero-order valence-corrected chi connectivity index (χ0v) is 18.5. The van der Waals surface area contributed by atoms with Crippen LogP contribution >= 0.6 is 0 Å². The molecule has 1 fully saturated rings. The van der Waals surface area contributed by atoms with Crippen molar-refractivity contribution >= 4 is 16.9 Å². The van der Waals surface area contributed by atoms with E-state index in [1.54, 1.807) is 0 Å². The lowest BCUT2D eigenvalue weighted by atomic mass is 9.85. The average molecular weight is 414 g/mol. The number of fused-ring (bicyclic) bond motifs is 1. The van der Waals surface area contributed by atoms with Gasteiger partial charge in [0.15, 0.2) is 0 Å². The average Bonchev–Trinajstić information content (AvgIpc) is 2.75. The van der Waals surface area contributed by atoms with Crippen LogP contribution in [0.4, 0.5) is 0 Å².